The molecule has 4 heteroatoms. The first-order valence-corrected chi connectivity index (χ1v) is 14.1. The molecule has 2 aromatic carbocycles. The fourth-order valence-corrected chi connectivity index (χ4v) is 4.03. The van der Waals surface area contributed by atoms with Crippen molar-refractivity contribution in [3.8, 4) is 0 Å². The Labute approximate surface area is 219 Å². The van der Waals surface area contributed by atoms with Crippen molar-refractivity contribution < 1.29 is 19.4 Å². The number of carboxylic acids is 1. The molecule has 0 saturated heterocycles. The summed E-state index contributed by atoms with van der Waals surface area (Å²) in [5, 5.41) is 8.52. The lowest BCUT2D eigenvalue weighted by Gasteiger charge is -2.04. The van der Waals surface area contributed by atoms with Crippen LogP contribution in [0.25, 0.3) is 0 Å². The zero-order valence-electron chi connectivity index (χ0n) is 22.5. The molecule has 0 heterocycles. The Morgan fingerprint density at radius 1 is 0.611 bits per heavy atom. The monoisotopic (exact) mass is 496 g/mol. The number of aliphatic carboxylic acids is 1. The van der Waals surface area contributed by atoms with E-state index < -0.39 is 5.97 Å². The number of carbonyl (C=O) groups is 2. The van der Waals surface area contributed by atoms with Crippen LogP contribution >= 0.6 is 0 Å². The standard InChI is InChI=1S/C18H36O2.C14H12O2/c1-2-3-4-5-6-7-8-9-10-11-12-13-14-15-16-17-18(19)20;15-14(13-9-5-2-6-10-13)16-11-12-7-3-1-4-8-12/h2-17H2,1H3,(H,19,20);1-10H,11H2. The Bertz CT molecular complexity index is 773. The lowest BCUT2D eigenvalue weighted by Crippen LogP contribution is -2.04. The molecule has 0 spiro atoms. The third-order valence-electron chi connectivity index (χ3n) is 6.22. The Balaban J connectivity index is 0.000000367. The minimum absolute atomic E-state index is 0.288. The Morgan fingerprint density at radius 3 is 1.47 bits per heavy atom. The van der Waals surface area contributed by atoms with E-state index in [0.717, 1.165) is 18.4 Å². The number of unbranched alkanes of at least 4 members (excludes halogenated alkanes) is 14. The van der Waals surface area contributed by atoms with Crippen LogP contribution < -0.4 is 0 Å². The van der Waals surface area contributed by atoms with Gasteiger partial charge in [-0.1, -0.05) is 145 Å². The summed E-state index contributed by atoms with van der Waals surface area (Å²) in [5.74, 6) is -0.941. The molecule has 0 saturated carbocycles. The number of rotatable bonds is 19. The molecule has 4 nitrogen and oxygen atoms in total. The van der Waals surface area contributed by atoms with Gasteiger partial charge in [-0.3, -0.25) is 4.79 Å². The van der Waals surface area contributed by atoms with E-state index in [1.807, 2.05) is 48.5 Å². The number of hydrogen-bond donors (Lipinski definition) is 1. The van der Waals surface area contributed by atoms with Gasteiger partial charge in [-0.2, -0.15) is 0 Å². The number of carboxylic acid groups (broad SMARTS) is 1. The highest BCUT2D eigenvalue weighted by atomic mass is 16.5. The van der Waals surface area contributed by atoms with Gasteiger partial charge in [0.15, 0.2) is 0 Å². The summed E-state index contributed by atoms with van der Waals surface area (Å²) in [4.78, 5) is 21.9. The quantitative estimate of drug-likeness (QED) is 0.155. The normalized spacial score (nSPS) is 10.4. The van der Waals surface area contributed by atoms with Gasteiger partial charge in [0.2, 0.25) is 0 Å². The molecule has 0 fully saturated rings. The van der Waals surface area contributed by atoms with Crippen molar-refractivity contribution in [2.24, 2.45) is 0 Å². The summed E-state index contributed by atoms with van der Waals surface area (Å²) in [6.07, 6.45) is 20.2. The molecule has 36 heavy (non-hydrogen) atoms. The lowest BCUT2D eigenvalue weighted by atomic mass is 10.0. The highest BCUT2D eigenvalue weighted by Crippen LogP contribution is 2.13. The van der Waals surface area contributed by atoms with Gasteiger partial charge in [0.05, 0.1) is 5.56 Å². The largest absolute Gasteiger partial charge is 0.481 e. The van der Waals surface area contributed by atoms with Gasteiger partial charge < -0.3 is 9.84 Å². The maximum absolute atomic E-state index is 11.6. The molecule has 0 aliphatic heterocycles. The van der Waals surface area contributed by atoms with Crippen LogP contribution in [0.3, 0.4) is 0 Å². The first-order valence-electron chi connectivity index (χ1n) is 14.1. The number of hydrogen-bond acceptors (Lipinski definition) is 3. The molecular weight excluding hydrogens is 448 g/mol. The van der Waals surface area contributed by atoms with Gasteiger partial charge in [0.1, 0.15) is 6.61 Å². The molecule has 0 aliphatic rings. The second-order valence-corrected chi connectivity index (χ2v) is 9.52. The van der Waals surface area contributed by atoms with Crippen molar-refractivity contribution in [2.75, 3.05) is 0 Å². The first kappa shape index (κ1) is 31.4. The maximum Gasteiger partial charge on any atom is 0.338 e. The number of benzene rings is 2. The Morgan fingerprint density at radius 2 is 1.03 bits per heavy atom. The third kappa shape index (κ3) is 18.7. The van der Waals surface area contributed by atoms with E-state index >= 15 is 0 Å². The van der Waals surface area contributed by atoms with Crippen LogP contribution in [0.4, 0.5) is 0 Å². The molecule has 2 aromatic rings. The fraction of sp³-hybridized carbons (Fsp3) is 0.562. The molecule has 200 valence electrons. The predicted molar refractivity (Wildman–Crippen MR) is 149 cm³/mol. The Kier molecular flexibility index (Phi) is 19.9. The fourth-order valence-electron chi connectivity index (χ4n) is 4.03. The van der Waals surface area contributed by atoms with Crippen LogP contribution in [-0.2, 0) is 16.1 Å². The zero-order valence-corrected chi connectivity index (χ0v) is 22.5. The Hall–Kier alpha value is -2.62. The van der Waals surface area contributed by atoms with E-state index in [-0.39, 0.29) is 5.97 Å². The molecule has 0 radical (unpaired) electrons. The topological polar surface area (TPSA) is 63.6 Å². The molecule has 2 rings (SSSR count). The maximum atomic E-state index is 11.6. The summed E-state index contributed by atoms with van der Waals surface area (Å²) < 4.78 is 5.18. The van der Waals surface area contributed by atoms with E-state index in [1.54, 1.807) is 12.1 Å². The van der Waals surface area contributed by atoms with Gasteiger partial charge in [0.25, 0.3) is 0 Å². The third-order valence-corrected chi connectivity index (χ3v) is 6.22. The lowest BCUT2D eigenvalue weighted by molar-refractivity contribution is -0.137. The van der Waals surface area contributed by atoms with Gasteiger partial charge >= 0.3 is 11.9 Å². The zero-order chi connectivity index (χ0) is 26.1. The first-order chi connectivity index (χ1) is 17.6. The SMILES string of the molecule is CCCCCCCCCCCCCCCCCC(=O)O.O=C(OCc1ccccc1)c1ccccc1. The molecule has 0 bridgehead atoms. The van der Waals surface area contributed by atoms with Crippen LogP contribution in [0.5, 0.6) is 0 Å². The molecule has 0 amide bonds. The van der Waals surface area contributed by atoms with E-state index in [0.29, 0.717) is 18.6 Å². The van der Waals surface area contributed by atoms with Gasteiger partial charge in [-0.05, 0) is 24.1 Å². The summed E-state index contributed by atoms with van der Waals surface area (Å²) >= 11 is 0. The summed E-state index contributed by atoms with van der Waals surface area (Å²) in [5.41, 5.74) is 1.57. The average molecular weight is 497 g/mol. The van der Waals surface area contributed by atoms with E-state index in [9.17, 15) is 9.59 Å². The van der Waals surface area contributed by atoms with Crippen molar-refractivity contribution in [1.82, 2.24) is 0 Å². The highest BCUT2D eigenvalue weighted by Gasteiger charge is 2.05. The molecular formula is C32H48O4. The van der Waals surface area contributed by atoms with E-state index in [4.69, 9.17) is 9.84 Å². The van der Waals surface area contributed by atoms with Crippen molar-refractivity contribution in [2.45, 2.75) is 116 Å². The van der Waals surface area contributed by atoms with Gasteiger partial charge in [-0.25, -0.2) is 4.79 Å². The van der Waals surface area contributed by atoms with E-state index in [2.05, 4.69) is 6.92 Å². The molecule has 0 aliphatic carbocycles. The van der Waals surface area contributed by atoms with Crippen LogP contribution in [0.15, 0.2) is 60.7 Å². The van der Waals surface area contributed by atoms with Crippen molar-refractivity contribution >= 4 is 11.9 Å². The average Bonchev–Trinajstić information content (AvgIpc) is 2.91. The second-order valence-electron chi connectivity index (χ2n) is 9.52. The second kappa shape index (κ2) is 22.8. The van der Waals surface area contributed by atoms with Crippen LogP contribution in [-0.4, -0.2) is 17.0 Å². The van der Waals surface area contributed by atoms with E-state index in [1.165, 1.54) is 83.5 Å². The van der Waals surface area contributed by atoms with Gasteiger partial charge in [-0.15, -0.1) is 0 Å². The summed E-state index contributed by atoms with van der Waals surface area (Å²) in [6, 6.07) is 18.6. The van der Waals surface area contributed by atoms with Crippen molar-refractivity contribution in [3.63, 3.8) is 0 Å². The van der Waals surface area contributed by atoms with Crippen LogP contribution in [0, 0.1) is 0 Å². The van der Waals surface area contributed by atoms with Crippen molar-refractivity contribution in [1.29, 1.82) is 0 Å². The summed E-state index contributed by atoms with van der Waals surface area (Å²) in [7, 11) is 0. The smallest absolute Gasteiger partial charge is 0.338 e. The van der Waals surface area contributed by atoms with Crippen LogP contribution in [0.2, 0.25) is 0 Å². The molecule has 0 aromatic heterocycles. The highest BCUT2D eigenvalue weighted by molar-refractivity contribution is 5.89. The number of carbonyl (C=O) groups excluding carboxylic acids is 1. The predicted octanol–water partition coefficient (Wildman–Crippen LogP) is 9.38. The number of esters is 1. The van der Waals surface area contributed by atoms with Crippen molar-refractivity contribution in [3.05, 3.63) is 71.8 Å². The number of ether oxygens (including phenoxy) is 1. The molecule has 0 atom stereocenters. The van der Waals surface area contributed by atoms with Gasteiger partial charge in [0, 0.05) is 6.42 Å². The van der Waals surface area contributed by atoms with Crippen LogP contribution in [0.1, 0.15) is 126 Å². The molecule has 0 unspecified atom stereocenters. The molecule has 1 N–H and O–H groups in total. The minimum Gasteiger partial charge on any atom is -0.481 e. The minimum atomic E-state index is -0.653. The summed E-state index contributed by atoms with van der Waals surface area (Å²) in [6.45, 7) is 2.58.